The fourth-order valence-electron chi connectivity index (χ4n) is 2.38. The maximum absolute atomic E-state index is 11.2. The van der Waals surface area contributed by atoms with Crippen LogP contribution in [0.15, 0.2) is 11.1 Å². The van der Waals surface area contributed by atoms with Crippen molar-refractivity contribution < 1.29 is 4.79 Å². The molecular formula is C10H14O. The molecule has 0 aromatic carbocycles. The van der Waals surface area contributed by atoms with E-state index in [-0.39, 0.29) is 0 Å². The number of fused-ring (bicyclic) bond motifs is 1. The summed E-state index contributed by atoms with van der Waals surface area (Å²) >= 11 is 0. The van der Waals surface area contributed by atoms with E-state index in [0.717, 1.165) is 19.3 Å². The van der Waals surface area contributed by atoms with Crippen molar-refractivity contribution in [3.8, 4) is 0 Å². The van der Waals surface area contributed by atoms with Crippen molar-refractivity contribution in [1.29, 1.82) is 0 Å². The fraction of sp³-hybridized carbons (Fsp3) is 0.700. The standard InChI is InChI=1S/C10H14O/c1-6(2)8-5-9-7(8)3-4-10(9)11/h7,9H,3-5H2,1-2H3. The Hall–Kier alpha value is -0.590. The zero-order valence-electron chi connectivity index (χ0n) is 7.18. The molecule has 60 valence electrons. The fourth-order valence-corrected chi connectivity index (χ4v) is 2.38. The van der Waals surface area contributed by atoms with E-state index in [4.69, 9.17) is 0 Å². The molecule has 2 fully saturated rings. The molecule has 2 saturated carbocycles. The topological polar surface area (TPSA) is 17.1 Å². The highest BCUT2D eigenvalue weighted by Crippen LogP contribution is 2.49. The molecule has 0 radical (unpaired) electrons. The maximum Gasteiger partial charge on any atom is 0.136 e. The van der Waals surface area contributed by atoms with Crippen molar-refractivity contribution in [2.45, 2.75) is 33.1 Å². The van der Waals surface area contributed by atoms with Crippen LogP contribution in [0.2, 0.25) is 0 Å². The molecule has 1 heteroatoms. The predicted molar refractivity (Wildman–Crippen MR) is 44.2 cm³/mol. The molecule has 1 nitrogen and oxygen atoms in total. The Morgan fingerprint density at radius 2 is 2.09 bits per heavy atom. The zero-order valence-corrected chi connectivity index (χ0v) is 7.18. The van der Waals surface area contributed by atoms with Crippen LogP contribution in [0.1, 0.15) is 33.1 Å². The van der Waals surface area contributed by atoms with Gasteiger partial charge in [-0.05, 0) is 32.6 Å². The monoisotopic (exact) mass is 150 g/mol. The molecule has 2 aliphatic carbocycles. The van der Waals surface area contributed by atoms with Crippen LogP contribution in [-0.4, -0.2) is 5.78 Å². The molecule has 0 aliphatic heterocycles. The molecule has 0 spiro atoms. The number of Topliss-reactive ketones (excluding diaryl/α,β-unsaturated/α-hetero) is 1. The summed E-state index contributed by atoms with van der Waals surface area (Å²) in [7, 11) is 0. The number of allylic oxidation sites excluding steroid dienone is 2. The Morgan fingerprint density at radius 1 is 1.36 bits per heavy atom. The van der Waals surface area contributed by atoms with Gasteiger partial charge in [-0.3, -0.25) is 4.79 Å². The zero-order chi connectivity index (χ0) is 8.01. The third kappa shape index (κ3) is 0.867. The van der Waals surface area contributed by atoms with E-state index in [1.807, 2.05) is 0 Å². The minimum Gasteiger partial charge on any atom is -0.299 e. The highest BCUT2D eigenvalue weighted by molar-refractivity contribution is 5.86. The minimum atomic E-state index is 0.430. The Kier molecular flexibility index (Phi) is 1.41. The Balaban J connectivity index is 2.19. The summed E-state index contributed by atoms with van der Waals surface area (Å²) in [5.74, 6) is 1.60. The predicted octanol–water partition coefficient (Wildman–Crippen LogP) is 2.32. The molecule has 0 aromatic rings. The summed E-state index contributed by atoms with van der Waals surface area (Å²) in [6.07, 6.45) is 3.04. The first kappa shape index (κ1) is 7.08. The van der Waals surface area contributed by atoms with E-state index in [2.05, 4.69) is 13.8 Å². The van der Waals surface area contributed by atoms with Gasteiger partial charge in [-0.1, -0.05) is 11.1 Å². The van der Waals surface area contributed by atoms with Crippen molar-refractivity contribution in [3.05, 3.63) is 11.1 Å². The highest BCUT2D eigenvalue weighted by atomic mass is 16.1. The van der Waals surface area contributed by atoms with E-state index >= 15 is 0 Å². The molecule has 2 rings (SSSR count). The first-order valence-corrected chi connectivity index (χ1v) is 4.39. The maximum atomic E-state index is 11.2. The van der Waals surface area contributed by atoms with Gasteiger partial charge in [-0.25, -0.2) is 0 Å². The first-order chi connectivity index (χ1) is 5.20. The van der Waals surface area contributed by atoms with Crippen LogP contribution >= 0.6 is 0 Å². The Bertz CT molecular complexity index is 233. The van der Waals surface area contributed by atoms with Crippen LogP contribution in [0.5, 0.6) is 0 Å². The van der Waals surface area contributed by atoms with Gasteiger partial charge in [-0.15, -0.1) is 0 Å². The lowest BCUT2D eigenvalue weighted by Crippen LogP contribution is -2.28. The van der Waals surface area contributed by atoms with Crippen LogP contribution in [0.4, 0.5) is 0 Å². The average Bonchev–Trinajstić information content (AvgIpc) is 2.06. The van der Waals surface area contributed by atoms with E-state index in [1.165, 1.54) is 5.57 Å². The molecule has 2 aliphatic rings. The van der Waals surface area contributed by atoms with Gasteiger partial charge in [0.05, 0.1) is 0 Å². The van der Waals surface area contributed by atoms with Gasteiger partial charge in [0, 0.05) is 12.3 Å². The van der Waals surface area contributed by atoms with Crippen LogP contribution in [0.3, 0.4) is 0 Å². The lowest BCUT2D eigenvalue weighted by atomic mass is 9.69. The van der Waals surface area contributed by atoms with E-state index in [0.29, 0.717) is 17.6 Å². The van der Waals surface area contributed by atoms with Crippen LogP contribution in [0.25, 0.3) is 0 Å². The molecule has 0 N–H and O–H groups in total. The van der Waals surface area contributed by atoms with Gasteiger partial charge in [0.15, 0.2) is 0 Å². The quantitative estimate of drug-likeness (QED) is 0.484. The second-order valence-electron chi connectivity index (χ2n) is 3.95. The van der Waals surface area contributed by atoms with Gasteiger partial charge in [0.1, 0.15) is 5.78 Å². The summed E-state index contributed by atoms with van der Waals surface area (Å²) in [4.78, 5) is 11.2. The molecule has 2 atom stereocenters. The normalized spacial score (nSPS) is 35.1. The van der Waals surface area contributed by atoms with Gasteiger partial charge >= 0.3 is 0 Å². The molecule has 11 heavy (non-hydrogen) atoms. The molecule has 0 aromatic heterocycles. The largest absolute Gasteiger partial charge is 0.299 e. The molecular weight excluding hydrogens is 136 g/mol. The van der Waals surface area contributed by atoms with Crippen molar-refractivity contribution in [2.24, 2.45) is 11.8 Å². The summed E-state index contributed by atoms with van der Waals surface area (Å²) in [5.41, 5.74) is 3.02. The van der Waals surface area contributed by atoms with Gasteiger partial charge in [0.25, 0.3) is 0 Å². The molecule has 0 bridgehead atoms. The van der Waals surface area contributed by atoms with Crippen LogP contribution in [0, 0.1) is 11.8 Å². The number of carbonyl (C=O) groups excluding carboxylic acids is 1. The number of rotatable bonds is 0. The smallest absolute Gasteiger partial charge is 0.136 e. The van der Waals surface area contributed by atoms with Crippen molar-refractivity contribution in [3.63, 3.8) is 0 Å². The van der Waals surface area contributed by atoms with E-state index in [9.17, 15) is 4.79 Å². The molecule has 2 unspecified atom stereocenters. The van der Waals surface area contributed by atoms with Gasteiger partial charge in [-0.2, -0.15) is 0 Å². The number of hydrogen-bond acceptors (Lipinski definition) is 1. The first-order valence-electron chi connectivity index (χ1n) is 4.39. The second kappa shape index (κ2) is 2.20. The lowest BCUT2D eigenvalue weighted by Gasteiger charge is -2.34. The molecule has 0 amide bonds. The molecule has 0 heterocycles. The van der Waals surface area contributed by atoms with E-state index < -0.39 is 0 Å². The minimum absolute atomic E-state index is 0.430. The third-order valence-electron chi connectivity index (χ3n) is 3.13. The second-order valence-corrected chi connectivity index (χ2v) is 3.95. The van der Waals surface area contributed by atoms with Gasteiger partial charge in [0.2, 0.25) is 0 Å². The number of ketones is 1. The SMILES string of the molecule is CC(C)=C1CC2C(=O)CCC12. The lowest BCUT2D eigenvalue weighted by molar-refractivity contribution is -0.122. The Morgan fingerprint density at radius 3 is 2.64 bits per heavy atom. The highest BCUT2D eigenvalue weighted by Gasteiger charge is 2.45. The summed E-state index contributed by atoms with van der Waals surface area (Å²) < 4.78 is 0. The average molecular weight is 150 g/mol. The molecule has 0 saturated heterocycles. The third-order valence-corrected chi connectivity index (χ3v) is 3.13. The number of carbonyl (C=O) groups is 1. The van der Waals surface area contributed by atoms with Crippen LogP contribution in [-0.2, 0) is 4.79 Å². The summed E-state index contributed by atoms with van der Waals surface area (Å²) in [5, 5.41) is 0. The van der Waals surface area contributed by atoms with Crippen LogP contribution < -0.4 is 0 Å². The van der Waals surface area contributed by atoms with E-state index in [1.54, 1.807) is 5.57 Å². The van der Waals surface area contributed by atoms with Crippen molar-refractivity contribution >= 4 is 5.78 Å². The number of hydrogen-bond donors (Lipinski definition) is 0. The van der Waals surface area contributed by atoms with Gasteiger partial charge < -0.3 is 0 Å². The van der Waals surface area contributed by atoms with Crippen molar-refractivity contribution in [2.75, 3.05) is 0 Å². The Labute approximate surface area is 67.5 Å². The summed E-state index contributed by atoms with van der Waals surface area (Å²) in [6.45, 7) is 4.32. The van der Waals surface area contributed by atoms with Crippen molar-refractivity contribution in [1.82, 2.24) is 0 Å². The summed E-state index contributed by atoms with van der Waals surface area (Å²) in [6, 6.07) is 0.